The van der Waals surface area contributed by atoms with Gasteiger partial charge in [-0.15, -0.1) is 0 Å². The van der Waals surface area contributed by atoms with Gasteiger partial charge in [0.2, 0.25) is 0 Å². The molecule has 0 atom stereocenters. The van der Waals surface area contributed by atoms with Crippen LogP contribution in [0.5, 0.6) is 11.5 Å². The molecule has 3 nitrogen and oxygen atoms in total. The van der Waals surface area contributed by atoms with Crippen molar-refractivity contribution in [2.45, 2.75) is 0 Å². The van der Waals surface area contributed by atoms with Gasteiger partial charge in [0.1, 0.15) is 11.5 Å². The van der Waals surface area contributed by atoms with Crippen molar-refractivity contribution < 1.29 is 4.74 Å². The van der Waals surface area contributed by atoms with Crippen LogP contribution in [0.3, 0.4) is 0 Å². The average Bonchev–Trinajstić information content (AvgIpc) is 3.14. The Morgan fingerprint density at radius 1 is 0.720 bits per heavy atom. The molecule has 0 spiro atoms. The van der Waals surface area contributed by atoms with Gasteiger partial charge in [0.05, 0.1) is 4.88 Å². The largest absolute Gasteiger partial charge is 0.457 e. The molecule has 122 valence electrons. The molecule has 0 saturated heterocycles. The SMILES string of the molecule is c1ccc(Oc2ccc(Nc3ncc(-c4ccccc4)s3)cc2)cc1. The highest BCUT2D eigenvalue weighted by molar-refractivity contribution is 7.18. The van der Waals surface area contributed by atoms with Crippen LogP contribution >= 0.6 is 11.3 Å². The lowest BCUT2D eigenvalue weighted by Gasteiger charge is -2.07. The summed E-state index contributed by atoms with van der Waals surface area (Å²) in [5, 5.41) is 4.21. The van der Waals surface area contributed by atoms with E-state index in [4.69, 9.17) is 4.74 Å². The van der Waals surface area contributed by atoms with E-state index in [9.17, 15) is 0 Å². The Morgan fingerprint density at radius 2 is 1.36 bits per heavy atom. The van der Waals surface area contributed by atoms with Gasteiger partial charge >= 0.3 is 0 Å². The van der Waals surface area contributed by atoms with E-state index in [1.807, 2.05) is 79.0 Å². The molecule has 0 fully saturated rings. The summed E-state index contributed by atoms with van der Waals surface area (Å²) < 4.78 is 5.80. The van der Waals surface area contributed by atoms with Gasteiger partial charge in [0.15, 0.2) is 5.13 Å². The van der Waals surface area contributed by atoms with E-state index in [1.165, 1.54) is 5.56 Å². The van der Waals surface area contributed by atoms with Gasteiger partial charge in [-0.25, -0.2) is 4.98 Å². The molecule has 25 heavy (non-hydrogen) atoms. The molecular formula is C21H16N2OS. The first-order valence-electron chi connectivity index (χ1n) is 7.98. The third-order valence-electron chi connectivity index (χ3n) is 3.65. The minimum atomic E-state index is 0.806. The summed E-state index contributed by atoms with van der Waals surface area (Å²) in [6, 6.07) is 27.9. The number of para-hydroxylation sites is 1. The number of benzene rings is 3. The number of thiazole rings is 1. The van der Waals surface area contributed by atoms with Crippen molar-refractivity contribution >= 4 is 22.2 Å². The number of ether oxygens (including phenoxy) is 1. The van der Waals surface area contributed by atoms with E-state index in [2.05, 4.69) is 22.4 Å². The number of anilines is 2. The third-order valence-corrected chi connectivity index (χ3v) is 4.61. The molecule has 0 aliphatic carbocycles. The highest BCUT2D eigenvalue weighted by Crippen LogP contribution is 2.31. The zero-order valence-electron chi connectivity index (χ0n) is 13.4. The third kappa shape index (κ3) is 3.87. The van der Waals surface area contributed by atoms with Crippen molar-refractivity contribution in [1.29, 1.82) is 0 Å². The van der Waals surface area contributed by atoms with Crippen LogP contribution in [0.4, 0.5) is 10.8 Å². The van der Waals surface area contributed by atoms with Crippen molar-refractivity contribution in [2.24, 2.45) is 0 Å². The lowest BCUT2D eigenvalue weighted by atomic mass is 10.2. The fourth-order valence-corrected chi connectivity index (χ4v) is 3.26. The summed E-state index contributed by atoms with van der Waals surface area (Å²) in [5.41, 5.74) is 2.16. The molecular weight excluding hydrogens is 328 g/mol. The van der Waals surface area contributed by atoms with E-state index in [-0.39, 0.29) is 0 Å². The first kappa shape index (κ1) is 15.4. The highest BCUT2D eigenvalue weighted by Gasteiger charge is 2.05. The van der Waals surface area contributed by atoms with Gasteiger partial charge in [-0.1, -0.05) is 59.9 Å². The van der Waals surface area contributed by atoms with Gasteiger partial charge in [0, 0.05) is 11.9 Å². The lowest BCUT2D eigenvalue weighted by Crippen LogP contribution is -1.89. The summed E-state index contributed by atoms with van der Waals surface area (Å²) in [6.07, 6.45) is 1.90. The first-order chi connectivity index (χ1) is 12.4. The average molecular weight is 344 g/mol. The Kier molecular flexibility index (Phi) is 4.44. The number of nitrogens with one attached hydrogen (secondary N) is 1. The Balaban J connectivity index is 1.44. The molecule has 1 heterocycles. The smallest absolute Gasteiger partial charge is 0.187 e. The second-order valence-corrected chi connectivity index (χ2v) is 6.49. The van der Waals surface area contributed by atoms with Gasteiger partial charge < -0.3 is 10.1 Å². The minimum absolute atomic E-state index is 0.806. The molecule has 4 rings (SSSR count). The van der Waals surface area contributed by atoms with Crippen LogP contribution in [0.25, 0.3) is 10.4 Å². The van der Waals surface area contributed by atoms with E-state index in [0.717, 1.165) is 27.2 Å². The van der Waals surface area contributed by atoms with Gasteiger partial charge in [-0.3, -0.25) is 0 Å². The van der Waals surface area contributed by atoms with Gasteiger partial charge in [0.25, 0.3) is 0 Å². The Bertz CT molecular complexity index is 935. The Labute approximate surface area is 150 Å². The van der Waals surface area contributed by atoms with Crippen molar-refractivity contribution in [1.82, 2.24) is 4.98 Å². The number of nitrogens with zero attached hydrogens (tertiary/aromatic N) is 1. The standard InChI is InChI=1S/C21H16N2OS/c1-3-7-16(8-4-1)20-15-22-21(25-20)23-17-11-13-19(14-12-17)24-18-9-5-2-6-10-18/h1-15H,(H,22,23). The predicted molar refractivity (Wildman–Crippen MR) is 104 cm³/mol. The molecule has 0 unspecified atom stereocenters. The van der Waals surface area contributed by atoms with Crippen LogP contribution < -0.4 is 10.1 Å². The van der Waals surface area contributed by atoms with Crippen molar-refractivity contribution in [3.63, 3.8) is 0 Å². The minimum Gasteiger partial charge on any atom is -0.457 e. The summed E-state index contributed by atoms with van der Waals surface area (Å²) in [7, 11) is 0. The first-order valence-corrected chi connectivity index (χ1v) is 8.80. The number of aromatic nitrogens is 1. The topological polar surface area (TPSA) is 34.1 Å². The number of hydrogen-bond donors (Lipinski definition) is 1. The van der Waals surface area contributed by atoms with Crippen molar-refractivity contribution in [2.75, 3.05) is 5.32 Å². The quantitative estimate of drug-likeness (QED) is 0.458. The van der Waals surface area contributed by atoms with Crippen LogP contribution in [0.2, 0.25) is 0 Å². The molecule has 1 aromatic heterocycles. The van der Waals surface area contributed by atoms with Crippen LogP contribution in [0, 0.1) is 0 Å². The fourth-order valence-electron chi connectivity index (χ4n) is 2.42. The number of hydrogen-bond acceptors (Lipinski definition) is 4. The van der Waals surface area contributed by atoms with E-state index >= 15 is 0 Å². The summed E-state index contributed by atoms with van der Waals surface area (Å²) in [5.74, 6) is 1.64. The monoisotopic (exact) mass is 344 g/mol. The Morgan fingerprint density at radius 3 is 2.08 bits per heavy atom. The maximum Gasteiger partial charge on any atom is 0.187 e. The maximum absolute atomic E-state index is 5.80. The Hall–Kier alpha value is -3.11. The molecule has 0 bridgehead atoms. The highest BCUT2D eigenvalue weighted by atomic mass is 32.1. The molecule has 1 N–H and O–H groups in total. The van der Waals surface area contributed by atoms with Crippen LogP contribution in [-0.2, 0) is 0 Å². The molecule has 0 aliphatic rings. The van der Waals surface area contributed by atoms with E-state index < -0.39 is 0 Å². The zero-order chi connectivity index (χ0) is 16.9. The predicted octanol–water partition coefficient (Wildman–Crippen LogP) is 6.35. The van der Waals surface area contributed by atoms with Crippen LogP contribution in [0.1, 0.15) is 0 Å². The second-order valence-electron chi connectivity index (χ2n) is 5.46. The summed E-state index contributed by atoms with van der Waals surface area (Å²) in [4.78, 5) is 5.60. The molecule has 3 aromatic carbocycles. The summed E-state index contributed by atoms with van der Waals surface area (Å²) >= 11 is 1.63. The van der Waals surface area contributed by atoms with Crippen molar-refractivity contribution in [3.8, 4) is 21.9 Å². The van der Waals surface area contributed by atoms with Gasteiger partial charge in [-0.05, 0) is 42.0 Å². The lowest BCUT2D eigenvalue weighted by molar-refractivity contribution is 0.483. The van der Waals surface area contributed by atoms with Crippen molar-refractivity contribution in [3.05, 3.63) is 91.1 Å². The molecule has 0 radical (unpaired) electrons. The molecule has 0 saturated carbocycles. The molecule has 0 amide bonds. The maximum atomic E-state index is 5.80. The van der Waals surface area contributed by atoms with Crippen LogP contribution in [0.15, 0.2) is 91.1 Å². The fraction of sp³-hybridized carbons (Fsp3) is 0. The van der Waals surface area contributed by atoms with Gasteiger partial charge in [-0.2, -0.15) is 0 Å². The number of rotatable bonds is 5. The second kappa shape index (κ2) is 7.20. The molecule has 0 aliphatic heterocycles. The van der Waals surface area contributed by atoms with E-state index in [1.54, 1.807) is 11.3 Å². The van der Waals surface area contributed by atoms with Crippen LogP contribution in [-0.4, -0.2) is 4.98 Å². The zero-order valence-corrected chi connectivity index (χ0v) is 14.2. The normalized spacial score (nSPS) is 10.4. The molecule has 4 heteroatoms. The summed E-state index contributed by atoms with van der Waals surface area (Å²) in [6.45, 7) is 0. The molecule has 4 aromatic rings. The van der Waals surface area contributed by atoms with E-state index in [0.29, 0.717) is 0 Å².